The molecule has 0 saturated heterocycles. The summed E-state index contributed by atoms with van der Waals surface area (Å²) in [6.45, 7) is 14.0. The second-order valence-corrected chi connectivity index (χ2v) is 12.3. The van der Waals surface area contributed by atoms with Crippen LogP contribution in [0.2, 0.25) is 5.15 Å². The molecule has 0 spiro atoms. The molecule has 41 heavy (non-hydrogen) atoms. The average molecular weight is 610 g/mol. The van der Waals surface area contributed by atoms with Gasteiger partial charge in [-0.25, -0.2) is 14.6 Å². The monoisotopic (exact) mass is 609 g/mol. The molecule has 13 nitrogen and oxygen atoms in total. The molecule has 0 bridgehead atoms. The topological polar surface area (TPSA) is 170 Å². The summed E-state index contributed by atoms with van der Waals surface area (Å²) in [6.07, 6.45) is 0.514. The Morgan fingerprint density at radius 3 is 2.34 bits per heavy atom. The van der Waals surface area contributed by atoms with E-state index in [2.05, 4.69) is 25.7 Å². The van der Waals surface area contributed by atoms with Crippen molar-refractivity contribution < 1.29 is 32.6 Å². The lowest BCUT2D eigenvalue weighted by atomic mass is 10.1. The number of fused-ring (bicyclic) bond motifs is 1. The number of aromatic nitrogens is 4. The Hall–Kier alpha value is -3.49. The van der Waals surface area contributed by atoms with E-state index in [1.807, 2.05) is 6.92 Å². The second-order valence-electron chi connectivity index (χ2n) is 11.1. The molecule has 0 aliphatic carbocycles. The SMILES string of the molecule is CC[C@@H](COc1cc(-c2cc3c(C)nn(S(=O)[O-])c3cn2)c(Cl)nc1NC(=O)OC(C)(C)C)NC(=O)OC(C)(C)C. The maximum atomic E-state index is 12.5. The first-order valence-corrected chi connectivity index (χ1v) is 14.2. The Morgan fingerprint density at radius 2 is 1.76 bits per heavy atom. The number of nitrogens with zero attached hydrogens (tertiary/aromatic N) is 4. The van der Waals surface area contributed by atoms with Gasteiger partial charge in [0.2, 0.25) is 0 Å². The van der Waals surface area contributed by atoms with Crippen LogP contribution in [0.5, 0.6) is 5.75 Å². The van der Waals surface area contributed by atoms with Crippen LogP contribution in [0.3, 0.4) is 0 Å². The van der Waals surface area contributed by atoms with Gasteiger partial charge in [-0.3, -0.25) is 14.5 Å². The molecule has 3 aromatic heterocycles. The highest BCUT2D eigenvalue weighted by molar-refractivity contribution is 7.77. The predicted octanol–water partition coefficient (Wildman–Crippen LogP) is 5.13. The lowest BCUT2D eigenvalue weighted by molar-refractivity contribution is 0.0486. The number of alkyl carbamates (subject to hydrolysis) is 1. The van der Waals surface area contributed by atoms with Crippen molar-refractivity contribution in [2.24, 2.45) is 0 Å². The zero-order valence-corrected chi connectivity index (χ0v) is 25.7. The number of carbonyl (C=O) groups is 2. The van der Waals surface area contributed by atoms with Crippen LogP contribution in [0.4, 0.5) is 15.4 Å². The lowest BCUT2D eigenvalue weighted by Crippen LogP contribution is -2.41. The summed E-state index contributed by atoms with van der Waals surface area (Å²) in [5.41, 5.74) is 0.0327. The highest BCUT2D eigenvalue weighted by Gasteiger charge is 2.23. The minimum absolute atomic E-state index is 0.00745. The van der Waals surface area contributed by atoms with Gasteiger partial charge in [-0.15, -0.1) is 0 Å². The number of anilines is 1. The van der Waals surface area contributed by atoms with Crippen LogP contribution < -0.4 is 15.4 Å². The quantitative estimate of drug-likeness (QED) is 0.258. The van der Waals surface area contributed by atoms with Crippen molar-refractivity contribution in [3.8, 4) is 17.0 Å². The Morgan fingerprint density at radius 1 is 1.12 bits per heavy atom. The van der Waals surface area contributed by atoms with Gasteiger partial charge in [0.25, 0.3) is 0 Å². The fraction of sp³-hybridized carbons (Fsp3) is 0.500. The molecular weight excluding hydrogens is 576 g/mol. The molecule has 2 N–H and O–H groups in total. The third-order valence-electron chi connectivity index (χ3n) is 5.35. The van der Waals surface area contributed by atoms with Crippen molar-refractivity contribution in [3.63, 3.8) is 0 Å². The minimum atomic E-state index is -2.61. The van der Waals surface area contributed by atoms with E-state index >= 15 is 0 Å². The number of hydrogen-bond acceptors (Lipinski definition) is 10. The molecule has 0 aliphatic rings. The van der Waals surface area contributed by atoms with Crippen molar-refractivity contribution in [2.45, 2.75) is 79.1 Å². The molecule has 0 saturated carbocycles. The van der Waals surface area contributed by atoms with Gasteiger partial charge in [0.15, 0.2) is 11.6 Å². The van der Waals surface area contributed by atoms with Crippen LogP contribution in [0.15, 0.2) is 18.3 Å². The van der Waals surface area contributed by atoms with Gasteiger partial charge in [-0.2, -0.15) is 9.19 Å². The van der Waals surface area contributed by atoms with Gasteiger partial charge in [0.1, 0.15) is 28.5 Å². The maximum absolute atomic E-state index is 12.5. The van der Waals surface area contributed by atoms with E-state index < -0.39 is 40.7 Å². The maximum Gasteiger partial charge on any atom is 0.413 e. The number of rotatable bonds is 8. The molecule has 224 valence electrons. The molecule has 2 amide bonds. The fourth-order valence-electron chi connectivity index (χ4n) is 3.57. The first-order valence-electron chi connectivity index (χ1n) is 12.8. The van der Waals surface area contributed by atoms with Crippen LogP contribution in [-0.2, 0) is 20.7 Å². The number of aryl methyl sites for hydroxylation is 1. The van der Waals surface area contributed by atoms with E-state index in [0.29, 0.717) is 34.3 Å². The molecule has 15 heteroatoms. The molecule has 2 atom stereocenters. The van der Waals surface area contributed by atoms with Gasteiger partial charge >= 0.3 is 12.2 Å². The Bertz CT molecular complexity index is 1470. The van der Waals surface area contributed by atoms with Crippen molar-refractivity contribution in [1.82, 2.24) is 24.5 Å². The minimum Gasteiger partial charge on any atom is -0.754 e. The summed E-state index contributed by atoms with van der Waals surface area (Å²) in [6, 6.07) is 2.74. The average Bonchev–Trinajstić information content (AvgIpc) is 3.16. The molecule has 3 aromatic rings. The third-order valence-corrected chi connectivity index (χ3v) is 6.20. The smallest absolute Gasteiger partial charge is 0.413 e. The van der Waals surface area contributed by atoms with E-state index in [9.17, 15) is 18.4 Å². The van der Waals surface area contributed by atoms with Gasteiger partial charge < -0.3 is 24.1 Å². The number of ether oxygens (including phenoxy) is 3. The molecule has 0 radical (unpaired) electrons. The van der Waals surface area contributed by atoms with E-state index in [4.69, 9.17) is 25.8 Å². The van der Waals surface area contributed by atoms with Crippen LogP contribution in [0.1, 0.15) is 60.6 Å². The Labute approximate surface area is 245 Å². The highest BCUT2D eigenvalue weighted by atomic mass is 35.5. The number of carbonyl (C=O) groups excluding carboxylic acids is 2. The molecule has 3 heterocycles. The Balaban J connectivity index is 1.98. The summed E-state index contributed by atoms with van der Waals surface area (Å²) in [5, 5.41) is 9.89. The van der Waals surface area contributed by atoms with Crippen molar-refractivity contribution in [2.75, 3.05) is 11.9 Å². The number of amides is 2. The van der Waals surface area contributed by atoms with Crippen molar-refractivity contribution in [3.05, 3.63) is 29.2 Å². The zero-order valence-electron chi connectivity index (χ0n) is 24.2. The van der Waals surface area contributed by atoms with Gasteiger partial charge in [0, 0.05) is 10.9 Å². The number of hydrogen-bond donors (Lipinski definition) is 2. The summed E-state index contributed by atoms with van der Waals surface area (Å²) in [5.74, 6) is 0.127. The molecule has 1 unspecified atom stereocenters. The summed E-state index contributed by atoms with van der Waals surface area (Å²) in [7, 11) is 0. The molecular formula is C26H34ClN6O7S-. The molecule has 3 rings (SSSR count). The molecule has 0 aliphatic heterocycles. The number of nitrogens with one attached hydrogen (secondary N) is 2. The van der Waals surface area contributed by atoms with Crippen LogP contribution >= 0.6 is 11.6 Å². The summed E-state index contributed by atoms with van der Waals surface area (Å²) >= 11 is 3.92. The number of halogens is 1. The lowest BCUT2D eigenvalue weighted by Gasteiger charge is -2.24. The fourth-order valence-corrected chi connectivity index (χ4v) is 4.30. The van der Waals surface area contributed by atoms with Gasteiger partial charge in [0.05, 0.1) is 34.9 Å². The van der Waals surface area contributed by atoms with E-state index in [-0.39, 0.29) is 23.3 Å². The standard InChI is InChI=1S/C26H35ClN6O7S/c1-9-15(29-23(34)39-25(3,4)5)13-38-20-11-17(21(27)30-22(20)31-24(35)40-26(6,7)8)18-10-16-14(2)32-33(41(36)37)19(16)12-28-18/h10-12,15H,9,13H2,1-8H3,(H,29,34)(H,36,37)(H,30,31,35)/p-1/t15-/m0/s1. The van der Waals surface area contributed by atoms with E-state index in [0.717, 1.165) is 4.09 Å². The summed E-state index contributed by atoms with van der Waals surface area (Å²) < 4.78 is 40.6. The normalized spacial score (nSPS) is 13.4. The molecule has 0 fully saturated rings. The van der Waals surface area contributed by atoms with E-state index in [1.165, 1.54) is 6.20 Å². The third kappa shape index (κ3) is 8.75. The highest BCUT2D eigenvalue weighted by Crippen LogP contribution is 2.35. The van der Waals surface area contributed by atoms with Crippen LogP contribution in [0, 0.1) is 6.92 Å². The summed E-state index contributed by atoms with van der Waals surface area (Å²) in [4.78, 5) is 33.5. The largest absolute Gasteiger partial charge is 0.754 e. The predicted molar refractivity (Wildman–Crippen MR) is 154 cm³/mol. The number of pyridine rings is 2. The Kier molecular flexibility index (Phi) is 9.82. The first-order chi connectivity index (χ1) is 19.0. The van der Waals surface area contributed by atoms with Crippen LogP contribution in [0.25, 0.3) is 22.2 Å². The second kappa shape index (κ2) is 12.6. The van der Waals surface area contributed by atoms with E-state index in [1.54, 1.807) is 60.6 Å². The first kappa shape index (κ1) is 32.0. The van der Waals surface area contributed by atoms with Crippen molar-refractivity contribution in [1.29, 1.82) is 0 Å². The molecule has 0 aromatic carbocycles. The van der Waals surface area contributed by atoms with Gasteiger partial charge in [-0.1, -0.05) is 18.5 Å². The van der Waals surface area contributed by atoms with Crippen molar-refractivity contribution >= 4 is 51.8 Å². The van der Waals surface area contributed by atoms with Gasteiger partial charge in [-0.05, 0) is 67.0 Å². The zero-order chi connectivity index (χ0) is 30.7. The van der Waals surface area contributed by atoms with Crippen LogP contribution in [-0.4, -0.2) is 64.0 Å².